The predicted octanol–water partition coefficient (Wildman–Crippen LogP) is 5.60. The van der Waals surface area contributed by atoms with Gasteiger partial charge >= 0.3 is 5.97 Å². The lowest BCUT2D eigenvalue weighted by Crippen LogP contribution is -2.25. The van der Waals surface area contributed by atoms with Gasteiger partial charge in [0.15, 0.2) is 14.4 Å². The number of benzene rings is 2. The largest absolute Gasteiger partial charge is 0.451 e. The molecule has 0 aliphatic carbocycles. The topological polar surface area (TPSA) is 77.0 Å². The molecule has 0 spiro atoms. The van der Waals surface area contributed by atoms with Crippen LogP contribution in [-0.4, -0.2) is 38.9 Å². The first-order valence-electron chi connectivity index (χ1n) is 9.46. The molecule has 0 unspecified atom stereocenters. The van der Waals surface area contributed by atoms with Crippen LogP contribution in [0.3, 0.4) is 0 Å². The molecule has 0 radical (unpaired) electrons. The van der Waals surface area contributed by atoms with Crippen LogP contribution in [0.25, 0.3) is 16.6 Å². The minimum absolute atomic E-state index is 0.238. The van der Waals surface area contributed by atoms with E-state index in [2.05, 4.69) is 10.1 Å². The second-order valence-electron chi connectivity index (χ2n) is 6.88. The smallest absolute Gasteiger partial charge is 0.338 e. The summed E-state index contributed by atoms with van der Waals surface area (Å²) in [4.78, 5) is 28.8. The van der Waals surface area contributed by atoms with Crippen molar-refractivity contribution >= 4 is 58.0 Å². The SMILES string of the molecule is CSc1nn(-c2ccc(C(=O)O[C@@H](C)C(=O)c3c(C)[nH]c4ccccc34)cc2)c(=S)s1. The third-order valence-corrected chi connectivity index (χ3v) is 7.05. The Morgan fingerprint density at radius 1 is 1.19 bits per heavy atom. The van der Waals surface area contributed by atoms with E-state index in [0.29, 0.717) is 15.1 Å². The van der Waals surface area contributed by atoms with Crippen molar-refractivity contribution in [2.75, 3.05) is 6.26 Å². The molecule has 4 rings (SSSR count). The van der Waals surface area contributed by atoms with Crippen LogP contribution < -0.4 is 0 Å². The molecule has 6 nitrogen and oxygen atoms in total. The molecule has 0 bridgehead atoms. The Morgan fingerprint density at radius 3 is 2.58 bits per heavy atom. The number of hydrogen-bond donors (Lipinski definition) is 1. The van der Waals surface area contributed by atoms with E-state index in [9.17, 15) is 9.59 Å². The third kappa shape index (κ3) is 4.21. The first kappa shape index (κ1) is 21.5. The van der Waals surface area contributed by atoms with E-state index in [1.54, 1.807) is 35.9 Å². The van der Waals surface area contributed by atoms with Crippen LogP contribution in [0.15, 0.2) is 52.9 Å². The Kier molecular flexibility index (Phi) is 6.08. The fraction of sp³-hybridized carbons (Fsp3) is 0.182. The summed E-state index contributed by atoms with van der Waals surface area (Å²) in [6.07, 6.45) is 1.03. The molecule has 0 saturated carbocycles. The minimum atomic E-state index is -0.915. The van der Waals surface area contributed by atoms with Crippen LogP contribution in [0, 0.1) is 10.9 Å². The van der Waals surface area contributed by atoms with Gasteiger partial charge in [0.25, 0.3) is 0 Å². The number of nitrogens with zero attached hydrogens (tertiary/aromatic N) is 2. The van der Waals surface area contributed by atoms with Gasteiger partial charge < -0.3 is 9.72 Å². The van der Waals surface area contributed by atoms with Crippen molar-refractivity contribution in [2.45, 2.75) is 24.3 Å². The number of aromatic nitrogens is 3. The van der Waals surface area contributed by atoms with Crippen molar-refractivity contribution in [2.24, 2.45) is 0 Å². The lowest BCUT2D eigenvalue weighted by atomic mass is 10.0. The summed E-state index contributed by atoms with van der Waals surface area (Å²) in [6.45, 7) is 3.43. The molecule has 158 valence electrons. The summed E-state index contributed by atoms with van der Waals surface area (Å²) >= 11 is 8.31. The van der Waals surface area contributed by atoms with Crippen molar-refractivity contribution in [3.63, 3.8) is 0 Å². The molecule has 0 amide bonds. The number of carbonyl (C=O) groups is 2. The minimum Gasteiger partial charge on any atom is -0.451 e. The molecule has 4 aromatic rings. The fourth-order valence-electron chi connectivity index (χ4n) is 3.32. The Morgan fingerprint density at radius 2 is 1.90 bits per heavy atom. The van der Waals surface area contributed by atoms with Gasteiger partial charge in [-0.1, -0.05) is 41.3 Å². The maximum atomic E-state index is 13.0. The van der Waals surface area contributed by atoms with E-state index in [0.717, 1.165) is 26.6 Å². The van der Waals surface area contributed by atoms with E-state index in [-0.39, 0.29) is 5.78 Å². The van der Waals surface area contributed by atoms with Crippen LogP contribution in [0.2, 0.25) is 0 Å². The number of rotatable bonds is 6. The van der Waals surface area contributed by atoms with Crippen LogP contribution in [0.4, 0.5) is 0 Å². The highest BCUT2D eigenvalue weighted by molar-refractivity contribution is 8.00. The van der Waals surface area contributed by atoms with E-state index in [4.69, 9.17) is 17.0 Å². The molecule has 1 atom stereocenters. The number of Topliss-reactive ketones (excluding diaryl/α,β-unsaturated/α-hetero) is 1. The van der Waals surface area contributed by atoms with Gasteiger partial charge in [-0.2, -0.15) is 0 Å². The number of fused-ring (bicyclic) bond motifs is 1. The molecule has 0 aliphatic rings. The Hall–Kier alpha value is -2.75. The second kappa shape index (κ2) is 8.78. The molecule has 2 aromatic carbocycles. The van der Waals surface area contributed by atoms with Gasteiger partial charge in [-0.25, -0.2) is 9.48 Å². The zero-order valence-corrected chi connectivity index (χ0v) is 19.5. The highest BCUT2D eigenvalue weighted by Crippen LogP contribution is 2.25. The average Bonchev–Trinajstić information content (AvgIpc) is 3.31. The Labute approximate surface area is 192 Å². The quantitative estimate of drug-likeness (QED) is 0.171. The number of ether oxygens (including phenoxy) is 1. The standard InChI is InChI=1S/C22H19N3O3S3/c1-12-18(16-6-4-5-7-17(16)23-12)19(26)13(2)28-20(27)14-8-10-15(11-9-14)25-22(29)31-21(24-25)30-3/h4-11,13,23H,1-3H3/t13-/m0/s1. The number of para-hydroxylation sites is 1. The number of aryl methyl sites for hydroxylation is 1. The van der Waals surface area contributed by atoms with Crippen LogP contribution in [0.5, 0.6) is 0 Å². The van der Waals surface area contributed by atoms with Gasteiger partial charge in [0.2, 0.25) is 5.78 Å². The highest BCUT2D eigenvalue weighted by atomic mass is 32.2. The third-order valence-electron chi connectivity index (χ3n) is 4.84. The van der Waals surface area contributed by atoms with E-state index in [1.165, 1.54) is 23.1 Å². The van der Waals surface area contributed by atoms with Gasteiger partial charge in [-0.15, -0.1) is 5.10 Å². The van der Waals surface area contributed by atoms with Crippen molar-refractivity contribution in [1.29, 1.82) is 0 Å². The number of carbonyl (C=O) groups excluding carboxylic acids is 2. The number of nitrogens with one attached hydrogen (secondary N) is 1. The fourth-order valence-corrected chi connectivity index (χ4v) is 5.10. The van der Waals surface area contributed by atoms with Gasteiger partial charge in [-0.05, 0) is 62.7 Å². The number of ketones is 1. The molecule has 31 heavy (non-hydrogen) atoms. The number of hydrogen-bond acceptors (Lipinski definition) is 7. The molecule has 2 heterocycles. The molecule has 2 aromatic heterocycles. The normalized spacial score (nSPS) is 12.1. The first-order chi connectivity index (χ1) is 14.9. The first-order valence-corrected chi connectivity index (χ1v) is 11.9. The van der Waals surface area contributed by atoms with Crippen molar-refractivity contribution in [3.05, 3.63) is 69.3 Å². The molecule has 9 heteroatoms. The zero-order chi connectivity index (χ0) is 22.1. The molecule has 1 N–H and O–H groups in total. The summed E-state index contributed by atoms with van der Waals surface area (Å²) in [5.74, 6) is -0.796. The maximum Gasteiger partial charge on any atom is 0.338 e. The Bertz CT molecular complexity index is 1340. The zero-order valence-electron chi connectivity index (χ0n) is 17.0. The Balaban J connectivity index is 1.51. The lowest BCUT2D eigenvalue weighted by molar-refractivity contribution is 0.0319. The lowest BCUT2D eigenvalue weighted by Gasteiger charge is -2.13. The summed E-state index contributed by atoms with van der Waals surface area (Å²) in [6, 6.07) is 14.4. The molecular weight excluding hydrogens is 450 g/mol. The molecule has 0 aliphatic heterocycles. The van der Waals surface area contributed by atoms with Gasteiger partial charge in [0.1, 0.15) is 0 Å². The van der Waals surface area contributed by atoms with E-state index >= 15 is 0 Å². The summed E-state index contributed by atoms with van der Waals surface area (Å²) < 4.78 is 8.63. The molecular formula is C22H19N3O3S3. The van der Waals surface area contributed by atoms with Crippen molar-refractivity contribution < 1.29 is 14.3 Å². The van der Waals surface area contributed by atoms with Crippen LogP contribution >= 0.6 is 35.3 Å². The van der Waals surface area contributed by atoms with E-state index in [1.807, 2.05) is 37.4 Å². The molecule has 0 fully saturated rings. The highest BCUT2D eigenvalue weighted by Gasteiger charge is 2.25. The van der Waals surface area contributed by atoms with Gasteiger partial charge in [0.05, 0.1) is 11.3 Å². The summed E-state index contributed by atoms with van der Waals surface area (Å²) in [5, 5.41) is 5.26. The van der Waals surface area contributed by atoms with Crippen LogP contribution in [0.1, 0.15) is 33.3 Å². The summed E-state index contributed by atoms with van der Waals surface area (Å²) in [5.41, 5.74) is 3.29. The van der Waals surface area contributed by atoms with Crippen molar-refractivity contribution in [3.8, 4) is 5.69 Å². The monoisotopic (exact) mass is 469 g/mol. The van der Waals surface area contributed by atoms with Crippen molar-refractivity contribution in [1.82, 2.24) is 14.8 Å². The van der Waals surface area contributed by atoms with Crippen LogP contribution in [-0.2, 0) is 4.74 Å². The van der Waals surface area contributed by atoms with E-state index < -0.39 is 12.1 Å². The van der Waals surface area contributed by atoms with Gasteiger partial charge in [-0.3, -0.25) is 4.79 Å². The number of thioether (sulfide) groups is 1. The summed E-state index contributed by atoms with van der Waals surface area (Å²) in [7, 11) is 0. The van der Waals surface area contributed by atoms with Gasteiger partial charge in [0, 0.05) is 22.2 Å². The average molecular weight is 470 g/mol. The second-order valence-corrected chi connectivity index (χ2v) is 9.56. The number of esters is 1. The maximum absolute atomic E-state index is 13.0. The predicted molar refractivity (Wildman–Crippen MR) is 126 cm³/mol. The molecule has 0 saturated heterocycles. The number of H-pyrrole nitrogens is 1. The number of aromatic amines is 1.